The molecule has 0 saturated carbocycles. The number of benzene rings is 2. The first-order chi connectivity index (χ1) is 12.1. The number of ether oxygens (including phenoxy) is 1. The second kappa shape index (κ2) is 7.07. The van der Waals surface area contributed by atoms with Gasteiger partial charge in [-0.05, 0) is 30.2 Å². The van der Waals surface area contributed by atoms with Crippen LogP contribution in [0.4, 0.5) is 5.69 Å². The largest absolute Gasteiger partial charge is 0.496 e. The average Bonchev–Trinajstić information content (AvgIpc) is 2.93. The highest BCUT2D eigenvalue weighted by Gasteiger charge is 2.44. The highest BCUT2D eigenvalue weighted by atomic mass is 16.5. The van der Waals surface area contributed by atoms with E-state index in [0.717, 1.165) is 5.56 Å². The smallest absolute Gasteiger partial charge is 0.224 e. The summed E-state index contributed by atoms with van der Waals surface area (Å²) >= 11 is 0. The van der Waals surface area contributed by atoms with Gasteiger partial charge in [0.2, 0.25) is 5.91 Å². The Balaban J connectivity index is 2.13. The zero-order valence-corrected chi connectivity index (χ0v) is 14.3. The van der Waals surface area contributed by atoms with Crippen molar-refractivity contribution in [1.29, 1.82) is 0 Å². The molecule has 1 aliphatic rings. The molecule has 1 heterocycles. The molecule has 2 aromatic rings. The van der Waals surface area contributed by atoms with E-state index in [9.17, 15) is 14.7 Å². The normalized spacial score (nSPS) is 17.3. The van der Waals surface area contributed by atoms with Gasteiger partial charge in [-0.3, -0.25) is 9.59 Å². The molecule has 0 aromatic heterocycles. The average molecular weight is 339 g/mol. The molecule has 2 aromatic carbocycles. The van der Waals surface area contributed by atoms with Gasteiger partial charge in [0.15, 0.2) is 5.78 Å². The summed E-state index contributed by atoms with van der Waals surface area (Å²) in [5.74, 6) is -0.00514. The van der Waals surface area contributed by atoms with Gasteiger partial charge in [-0.1, -0.05) is 30.3 Å². The van der Waals surface area contributed by atoms with Gasteiger partial charge in [0.05, 0.1) is 12.8 Å². The van der Waals surface area contributed by atoms with Crippen molar-refractivity contribution in [3.8, 4) is 5.75 Å². The van der Waals surface area contributed by atoms with Crippen molar-refractivity contribution in [2.24, 2.45) is 0 Å². The SMILES string of the molecule is COc1ccccc1[C@H](CCO)[C@@H]1C(=O)c2ccccc2N1C(C)=O. The minimum atomic E-state index is -0.682. The molecule has 0 fully saturated rings. The van der Waals surface area contributed by atoms with Crippen molar-refractivity contribution in [1.82, 2.24) is 0 Å². The second-order valence-corrected chi connectivity index (χ2v) is 6.08. The first kappa shape index (κ1) is 17.2. The predicted octanol–water partition coefficient (Wildman–Crippen LogP) is 2.78. The molecule has 1 amide bonds. The van der Waals surface area contributed by atoms with Crippen molar-refractivity contribution < 1.29 is 19.4 Å². The van der Waals surface area contributed by atoms with E-state index >= 15 is 0 Å². The fourth-order valence-corrected chi connectivity index (χ4v) is 3.64. The van der Waals surface area contributed by atoms with E-state index in [2.05, 4.69) is 0 Å². The summed E-state index contributed by atoms with van der Waals surface area (Å²) in [6.45, 7) is 1.37. The maximum Gasteiger partial charge on any atom is 0.224 e. The van der Waals surface area contributed by atoms with Crippen LogP contribution in [0.3, 0.4) is 0 Å². The number of hydrogen-bond donors (Lipinski definition) is 1. The zero-order chi connectivity index (χ0) is 18.0. The molecule has 3 rings (SSSR count). The van der Waals surface area contributed by atoms with E-state index in [1.165, 1.54) is 6.92 Å². The zero-order valence-electron chi connectivity index (χ0n) is 14.3. The number of fused-ring (bicyclic) bond motifs is 1. The number of hydrogen-bond acceptors (Lipinski definition) is 4. The van der Waals surface area contributed by atoms with Crippen LogP contribution in [-0.2, 0) is 4.79 Å². The molecule has 0 unspecified atom stereocenters. The van der Waals surface area contributed by atoms with Crippen LogP contribution in [0.1, 0.15) is 35.2 Å². The number of rotatable bonds is 5. The van der Waals surface area contributed by atoms with E-state index < -0.39 is 6.04 Å². The van der Waals surface area contributed by atoms with E-state index in [0.29, 0.717) is 23.4 Å². The number of para-hydroxylation sites is 2. The van der Waals surface area contributed by atoms with Gasteiger partial charge in [-0.15, -0.1) is 0 Å². The Labute approximate surface area is 146 Å². The molecule has 25 heavy (non-hydrogen) atoms. The number of carbonyl (C=O) groups excluding carboxylic acids is 2. The van der Waals surface area contributed by atoms with Crippen LogP contribution in [-0.4, -0.2) is 36.6 Å². The number of ketones is 1. The van der Waals surface area contributed by atoms with Crippen molar-refractivity contribution in [2.45, 2.75) is 25.3 Å². The highest BCUT2D eigenvalue weighted by Crippen LogP contribution is 2.42. The molecule has 2 atom stereocenters. The minimum Gasteiger partial charge on any atom is -0.496 e. The van der Waals surface area contributed by atoms with Gasteiger partial charge in [-0.2, -0.15) is 0 Å². The third-order valence-electron chi connectivity index (χ3n) is 4.67. The molecular formula is C20H21NO4. The number of nitrogens with zero attached hydrogens (tertiary/aromatic N) is 1. The molecule has 0 radical (unpaired) electrons. The van der Waals surface area contributed by atoms with Crippen molar-refractivity contribution in [3.05, 3.63) is 59.7 Å². The molecule has 5 nitrogen and oxygen atoms in total. The molecule has 0 saturated heterocycles. The van der Waals surface area contributed by atoms with Crippen LogP contribution in [0.5, 0.6) is 5.75 Å². The van der Waals surface area contributed by atoms with Gasteiger partial charge in [0.1, 0.15) is 11.8 Å². The summed E-state index contributed by atoms with van der Waals surface area (Å²) in [6.07, 6.45) is 0.356. The summed E-state index contributed by atoms with van der Waals surface area (Å²) in [6, 6.07) is 13.9. The Morgan fingerprint density at radius 2 is 1.88 bits per heavy atom. The second-order valence-electron chi connectivity index (χ2n) is 6.08. The summed E-state index contributed by atoms with van der Waals surface area (Å²) in [5, 5.41) is 9.59. The number of methoxy groups -OCH3 is 1. The maximum absolute atomic E-state index is 13.1. The predicted molar refractivity (Wildman–Crippen MR) is 95.2 cm³/mol. The summed E-state index contributed by atoms with van der Waals surface area (Å²) in [5.41, 5.74) is 1.99. The minimum absolute atomic E-state index is 0.0887. The number of Topliss-reactive ketones (excluding diaryl/α,β-unsaturated/α-hetero) is 1. The standard InChI is InChI=1S/C20H21NO4/c1-13(23)21-17-9-5-3-8-16(17)20(24)19(21)15(11-12-22)14-7-4-6-10-18(14)25-2/h3-10,15,19,22H,11-12H2,1-2H3/t15-,19+/m0/s1. The van der Waals surface area contributed by atoms with E-state index in [4.69, 9.17) is 4.74 Å². The number of amides is 1. The third kappa shape index (κ3) is 2.91. The van der Waals surface area contributed by atoms with Crippen molar-refractivity contribution in [3.63, 3.8) is 0 Å². The van der Waals surface area contributed by atoms with Gasteiger partial charge < -0.3 is 14.7 Å². The first-order valence-electron chi connectivity index (χ1n) is 8.27. The molecule has 0 bridgehead atoms. The summed E-state index contributed by atoms with van der Waals surface area (Å²) in [4.78, 5) is 27.0. The topological polar surface area (TPSA) is 66.8 Å². The lowest BCUT2D eigenvalue weighted by Crippen LogP contribution is -2.43. The van der Waals surface area contributed by atoms with Gasteiger partial charge in [0.25, 0.3) is 0 Å². The van der Waals surface area contributed by atoms with E-state index in [1.54, 1.807) is 30.2 Å². The molecule has 5 heteroatoms. The van der Waals surface area contributed by atoms with Gasteiger partial charge in [0, 0.05) is 25.0 Å². The Morgan fingerprint density at radius 1 is 1.20 bits per heavy atom. The summed E-state index contributed by atoms with van der Waals surface area (Å²) in [7, 11) is 1.57. The Bertz CT molecular complexity index is 802. The van der Waals surface area contributed by atoms with Crippen LogP contribution in [0, 0.1) is 0 Å². The monoisotopic (exact) mass is 339 g/mol. The number of aliphatic hydroxyl groups is 1. The van der Waals surface area contributed by atoms with E-state index in [1.807, 2.05) is 30.3 Å². The van der Waals surface area contributed by atoms with Gasteiger partial charge in [-0.25, -0.2) is 0 Å². The molecule has 0 spiro atoms. The lowest BCUT2D eigenvalue weighted by molar-refractivity contribution is -0.116. The fourth-order valence-electron chi connectivity index (χ4n) is 3.64. The lowest BCUT2D eigenvalue weighted by Gasteiger charge is -2.31. The Hall–Kier alpha value is -2.66. The van der Waals surface area contributed by atoms with Crippen LogP contribution in [0.2, 0.25) is 0 Å². The summed E-state index contributed by atoms with van der Waals surface area (Å²) < 4.78 is 5.44. The number of anilines is 1. The number of aliphatic hydroxyl groups excluding tert-OH is 1. The lowest BCUT2D eigenvalue weighted by atomic mass is 9.85. The molecule has 1 N–H and O–H groups in total. The van der Waals surface area contributed by atoms with Crippen molar-refractivity contribution >= 4 is 17.4 Å². The quantitative estimate of drug-likeness (QED) is 0.910. The van der Waals surface area contributed by atoms with Crippen LogP contribution < -0.4 is 9.64 Å². The molecule has 130 valence electrons. The Morgan fingerprint density at radius 3 is 2.56 bits per heavy atom. The van der Waals surface area contributed by atoms with Crippen molar-refractivity contribution in [2.75, 3.05) is 18.6 Å². The Kier molecular flexibility index (Phi) is 4.86. The first-order valence-corrected chi connectivity index (χ1v) is 8.27. The maximum atomic E-state index is 13.1. The van der Waals surface area contributed by atoms with Crippen LogP contribution in [0.15, 0.2) is 48.5 Å². The highest BCUT2D eigenvalue weighted by molar-refractivity contribution is 6.17. The van der Waals surface area contributed by atoms with Gasteiger partial charge >= 0.3 is 0 Å². The number of carbonyl (C=O) groups is 2. The van der Waals surface area contributed by atoms with Crippen LogP contribution in [0.25, 0.3) is 0 Å². The van der Waals surface area contributed by atoms with E-state index in [-0.39, 0.29) is 24.2 Å². The van der Waals surface area contributed by atoms with Crippen LogP contribution >= 0.6 is 0 Å². The third-order valence-corrected chi connectivity index (χ3v) is 4.67. The molecular weight excluding hydrogens is 318 g/mol. The fraction of sp³-hybridized carbons (Fsp3) is 0.300. The molecule has 1 aliphatic heterocycles. The molecule has 0 aliphatic carbocycles.